The molecule has 3 heterocycles. The number of imidazole rings is 2. The standard InChI is InChI=1S/C19H23N5O/c1-14-3-5-15(6-4-14)16-11-21-19(22-16)17-13-25-10-9-24(17)12-18-20-7-8-23(18)2/h3-8,11,17H,9-10,12-13H2,1-2H3,(H,21,22)/t17-/m0/s1. The molecule has 1 saturated heterocycles. The van der Waals surface area contributed by atoms with E-state index in [1.54, 1.807) is 0 Å². The number of hydrogen-bond donors (Lipinski definition) is 1. The van der Waals surface area contributed by atoms with Gasteiger partial charge in [0.05, 0.1) is 37.7 Å². The normalized spacial score (nSPS) is 18.6. The summed E-state index contributed by atoms with van der Waals surface area (Å²) in [5.74, 6) is 2.00. The molecule has 25 heavy (non-hydrogen) atoms. The van der Waals surface area contributed by atoms with Crippen molar-refractivity contribution in [3.8, 4) is 11.3 Å². The van der Waals surface area contributed by atoms with Gasteiger partial charge in [0.1, 0.15) is 11.6 Å². The van der Waals surface area contributed by atoms with Crippen molar-refractivity contribution in [1.82, 2.24) is 24.4 Å². The fraction of sp³-hybridized carbons (Fsp3) is 0.368. The van der Waals surface area contributed by atoms with Crippen molar-refractivity contribution in [2.24, 2.45) is 7.05 Å². The maximum Gasteiger partial charge on any atom is 0.126 e. The minimum atomic E-state index is 0.115. The number of aryl methyl sites for hydroxylation is 2. The summed E-state index contributed by atoms with van der Waals surface area (Å²) in [4.78, 5) is 14.9. The van der Waals surface area contributed by atoms with Crippen molar-refractivity contribution < 1.29 is 4.74 Å². The van der Waals surface area contributed by atoms with Crippen molar-refractivity contribution in [3.63, 3.8) is 0 Å². The molecule has 1 aliphatic heterocycles. The largest absolute Gasteiger partial charge is 0.378 e. The van der Waals surface area contributed by atoms with Gasteiger partial charge in [-0.3, -0.25) is 4.90 Å². The minimum Gasteiger partial charge on any atom is -0.378 e. The molecule has 0 bridgehead atoms. The van der Waals surface area contributed by atoms with Crippen LogP contribution in [-0.2, 0) is 18.3 Å². The van der Waals surface area contributed by atoms with Crippen molar-refractivity contribution in [2.45, 2.75) is 19.5 Å². The quantitative estimate of drug-likeness (QED) is 0.795. The Morgan fingerprint density at radius 2 is 2.08 bits per heavy atom. The van der Waals surface area contributed by atoms with Crippen molar-refractivity contribution in [3.05, 3.63) is 60.1 Å². The van der Waals surface area contributed by atoms with Gasteiger partial charge in [0.15, 0.2) is 0 Å². The van der Waals surface area contributed by atoms with E-state index in [-0.39, 0.29) is 6.04 Å². The van der Waals surface area contributed by atoms with E-state index in [1.807, 2.05) is 25.6 Å². The molecule has 6 nitrogen and oxygen atoms in total. The van der Waals surface area contributed by atoms with Crippen LogP contribution in [0.5, 0.6) is 0 Å². The molecule has 0 unspecified atom stereocenters. The zero-order valence-corrected chi connectivity index (χ0v) is 14.6. The molecular weight excluding hydrogens is 314 g/mol. The van der Waals surface area contributed by atoms with E-state index >= 15 is 0 Å². The first-order valence-corrected chi connectivity index (χ1v) is 8.60. The lowest BCUT2D eigenvalue weighted by molar-refractivity contribution is -0.0170. The van der Waals surface area contributed by atoms with Gasteiger partial charge in [0.2, 0.25) is 0 Å². The van der Waals surface area contributed by atoms with E-state index in [4.69, 9.17) is 4.74 Å². The van der Waals surface area contributed by atoms with Gasteiger partial charge in [-0.05, 0) is 12.5 Å². The summed E-state index contributed by atoms with van der Waals surface area (Å²) in [6.07, 6.45) is 5.73. The summed E-state index contributed by atoms with van der Waals surface area (Å²) in [6, 6.07) is 8.59. The lowest BCUT2D eigenvalue weighted by Crippen LogP contribution is -2.40. The SMILES string of the molecule is Cc1ccc(-c2cnc([C@@H]3COCCN3Cc3nccn3C)[nH]2)cc1. The third-order valence-electron chi connectivity index (χ3n) is 4.78. The smallest absolute Gasteiger partial charge is 0.126 e. The number of H-pyrrole nitrogens is 1. The monoisotopic (exact) mass is 337 g/mol. The third-order valence-corrected chi connectivity index (χ3v) is 4.78. The number of benzene rings is 1. The van der Waals surface area contributed by atoms with E-state index < -0.39 is 0 Å². The summed E-state index contributed by atoms with van der Waals surface area (Å²) in [5, 5.41) is 0. The van der Waals surface area contributed by atoms with E-state index in [0.29, 0.717) is 6.61 Å². The van der Waals surface area contributed by atoms with Gasteiger partial charge in [0.25, 0.3) is 0 Å². The molecule has 0 radical (unpaired) electrons. The van der Waals surface area contributed by atoms with Crippen LogP contribution in [0.15, 0.2) is 42.9 Å². The number of ether oxygens (including phenoxy) is 1. The second-order valence-electron chi connectivity index (χ2n) is 6.56. The molecule has 0 spiro atoms. The zero-order chi connectivity index (χ0) is 17.2. The summed E-state index contributed by atoms with van der Waals surface area (Å²) >= 11 is 0. The molecule has 3 aromatic rings. The third kappa shape index (κ3) is 3.36. The number of hydrogen-bond acceptors (Lipinski definition) is 4. The molecule has 0 saturated carbocycles. The average molecular weight is 337 g/mol. The van der Waals surface area contributed by atoms with Gasteiger partial charge in [0, 0.05) is 26.0 Å². The molecular formula is C19H23N5O. The molecule has 1 aliphatic rings. The van der Waals surface area contributed by atoms with Crippen LogP contribution in [0.25, 0.3) is 11.3 Å². The second-order valence-corrected chi connectivity index (χ2v) is 6.56. The van der Waals surface area contributed by atoms with Crippen LogP contribution in [0.1, 0.15) is 23.3 Å². The summed E-state index contributed by atoms with van der Waals surface area (Å²) in [5.41, 5.74) is 3.44. The molecule has 6 heteroatoms. The molecule has 1 aromatic carbocycles. The molecule has 2 aromatic heterocycles. The lowest BCUT2D eigenvalue weighted by Gasteiger charge is -2.34. The van der Waals surface area contributed by atoms with E-state index in [2.05, 4.69) is 55.6 Å². The summed E-state index contributed by atoms with van der Waals surface area (Å²) in [7, 11) is 2.03. The number of morpholine rings is 1. The van der Waals surface area contributed by atoms with E-state index in [9.17, 15) is 0 Å². The number of aromatic nitrogens is 4. The average Bonchev–Trinajstić information content (AvgIpc) is 3.26. The molecule has 1 atom stereocenters. The number of rotatable bonds is 4. The fourth-order valence-electron chi connectivity index (χ4n) is 3.20. The maximum absolute atomic E-state index is 5.72. The Balaban J connectivity index is 1.56. The van der Waals surface area contributed by atoms with Crippen LogP contribution in [-0.4, -0.2) is 44.2 Å². The highest BCUT2D eigenvalue weighted by Gasteiger charge is 2.28. The van der Waals surface area contributed by atoms with Crippen LogP contribution < -0.4 is 0 Å². The molecule has 4 rings (SSSR count). The van der Waals surface area contributed by atoms with Crippen LogP contribution in [0.4, 0.5) is 0 Å². The number of nitrogens with one attached hydrogen (secondary N) is 1. The van der Waals surface area contributed by atoms with Crippen LogP contribution in [0.2, 0.25) is 0 Å². The lowest BCUT2D eigenvalue weighted by atomic mass is 10.1. The number of aromatic amines is 1. The van der Waals surface area contributed by atoms with Gasteiger partial charge in [-0.25, -0.2) is 9.97 Å². The molecule has 130 valence electrons. The molecule has 0 aliphatic carbocycles. The highest BCUT2D eigenvalue weighted by atomic mass is 16.5. The van der Waals surface area contributed by atoms with Gasteiger partial charge < -0.3 is 14.3 Å². The van der Waals surface area contributed by atoms with Gasteiger partial charge in [-0.2, -0.15) is 0 Å². The maximum atomic E-state index is 5.72. The Morgan fingerprint density at radius 1 is 1.24 bits per heavy atom. The van der Waals surface area contributed by atoms with Crippen LogP contribution >= 0.6 is 0 Å². The summed E-state index contributed by atoms with van der Waals surface area (Å²) < 4.78 is 7.78. The highest BCUT2D eigenvalue weighted by Crippen LogP contribution is 2.26. The van der Waals surface area contributed by atoms with Gasteiger partial charge in [-0.1, -0.05) is 29.8 Å². The minimum absolute atomic E-state index is 0.115. The van der Waals surface area contributed by atoms with Gasteiger partial charge in [-0.15, -0.1) is 0 Å². The van der Waals surface area contributed by atoms with Crippen molar-refractivity contribution >= 4 is 0 Å². The Bertz CT molecular complexity index is 836. The predicted octanol–water partition coefficient (Wildman–Crippen LogP) is 2.69. The number of nitrogens with zero attached hydrogens (tertiary/aromatic N) is 4. The highest BCUT2D eigenvalue weighted by molar-refractivity contribution is 5.58. The molecule has 0 amide bonds. The van der Waals surface area contributed by atoms with Crippen molar-refractivity contribution in [2.75, 3.05) is 19.8 Å². The van der Waals surface area contributed by atoms with E-state index in [1.165, 1.54) is 5.56 Å². The van der Waals surface area contributed by atoms with Gasteiger partial charge >= 0.3 is 0 Å². The first-order chi connectivity index (χ1) is 12.2. The Kier molecular flexibility index (Phi) is 4.38. The molecule has 1 fully saturated rings. The first kappa shape index (κ1) is 16.1. The second kappa shape index (κ2) is 6.82. The van der Waals surface area contributed by atoms with Crippen molar-refractivity contribution in [1.29, 1.82) is 0 Å². The van der Waals surface area contributed by atoms with E-state index in [0.717, 1.165) is 42.6 Å². The first-order valence-electron chi connectivity index (χ1n) is 8.60. The van der Waals surface area contributed by atoms with Crippen LogP contribution in [0, 0.1) is 6.92 Å². The van der Waals surface area contributed by atoms with Crippen LogP contribution in [0.3, 0.4) is 0 Å². The molecule has 1 N–H and O–H groups in total. The predicted molar refractivity (Wildman–Crippen MR) is 95.9 cm³/mol. The zero-order valence-electron chi connectivity index (χ0n) is 14.6. The fourth-order valence-corrected chi connectivity index (χ4v) is 3.20. The Morgan fingerprint density at radius 3 is 2.84 bits per heavy atom. The Labute approximate surface area is 147 Å². The Hall–Kier alpha value is -2.44. The summed E-state index contributed by atoms with van der Waals surface area (Å²) in [6.45, 7) is 5.14. The topological polar surface area (TPSA) is 59.0 Å².